The van der Waals surface area contributed by atoms with E-state index < -0.39 is 0 Å². The van der Waals surface area contributed by atoms with Gasteiger partial charge in [0, 0.05) is 37.9 Å². The normalized spacial score (nSPS) is 20.1. The van der Waals surface area contributed by atoms with Crippen LogP contribution in [0.15, 0.2) is 54.7 Å². The number of anilines is 1. The Labute approximate surface area is 163 Å². The second-order valence-corrected chi connectivity index (χ2v) is 7.97. The molecule has 2 aromatic rings. The highest BCUT2D eigenvalue weighted by Crippen LogP contribution is 2.19. The molecule has 0 unspecified atom stereocenters. The first-order chi connectivity index (χ1) is 13.4. The Morgan fingerprint density at radius 1 is 0.815 bits per heavy atom. The number of pyridine rings is 1. The summed E-state index contributed by atoms with van der Waals surface area (Å²) < 4.78 is 0. The number of aromatic nitrogens is 1. The molecule has 4 nitrogen and oxygen atoms in total. The fraction of sp³-hybridized carbons (Fsp3) is 0.522. The summed E-state index contributed by atoms with van der Waals surface area (Å²) in [5, 5.41) is 3.95. The minimum atomic E-state index is 0.672. The van der Waals surface area contributed by atoms with Gasteiger partial charge in [0.15, 0.2) is 0 Å². The van der Waals surface area contributed by atoms with E-state index in [1.165, 1.54) is 57.3 Å². The number of hydrogen-bond acceptors (Lipinski definition) is 4. The molecule has 2 aliphatic rings. The summed E-state index contributed by atoms with van der Waals surface area (Å²) in [5.74, 6) is 1.13. The van der Waals surface area contributed by atoms with Crippen LogP contribution in [-0.2, 0) is 6.42 Å². The molecule has 2 fully saturated rings. The molecule has 0 aliphatic carbocycles. The van der Waals surface area contributed by atoms with E-state index in [0.717, 1.165) is 18.9 Å². The van der Waals surface area contributed by atoms with Crippen LogP contribution in [0.4, 0.5) is 5.82 Å². The minimum absolute atomic E-state index is 0.672. The summed E-state index contributed by atoms with van der Waals surface area (Å²) in [6.07, 6.45) is 8.09. The van der Waals surface area contributed by atoms with Crippen molar-refractivity contribution in [2.75, 3.05) is 37.6 Å². The number of nitrogens with zero attached hydrogens (tertiary/aromatic N) is 3. The van der Waals surface area contributed by atoms with Gasteiger partial charge in [-0.2, -0.15) is 0 Å². The van der Waals surface area contributed by atoms with Gasteiger partial charge in [-0.3, -0.25) is 0 Å². The average molecular weight is 365 g/mol. The van der Waals surface area contributed by atoms with Crippen LogP contribution in [-0.4, -0.2) is 54.7 Å². The Morgan fingerprint density at radius 2 is 1.48 bits per heavy atom. The van der Waals surface area contributed by atoms with Gasteiger partial charge in [-0.1, -0.05) is 36.4 Å². The van der Waals surface area contributed by atoms with E-state index in [-0.39, 0.29) is 0 Å². The largest absolute Gasteiger partial charge is 0.357 e. The highest BCUT2D eigenvalue weighted by atomic mass is 15.2. The van der Waals surface area contributed by atoms with Crippen molar-refractivity contribution < 1.29 is 0 Å². The maximum absolute atomic E-state index is 4.49. The predicted molar refractivity (Wildman–Crippen MR) is 112 cm³/mol. The van der Waals surface area contributed by atoms with Crippen LogP contribution in [0.5, 0.6) is 0 Å². The molecule has 0 amide bonds. The van der Waals surface area contributed by atoms with E-state index in [4.69, 9.17) is 0 Å². The molecule has 0 bridgehead atoms. The number of piperidine rings is 2. The summed E-state index contributed by atoms with van der Waals surface area (Å²) in [5.41, 5.74) is 1.46. The van der Waals surface area contributed by atoms with E-state index in [2.05, 4.69) is 62.6 Å². The summed E-state index contributed by atoms with van der Waals surface area (Å²) >= 11 is 0. The van der Waals surface area contributed by atoms with Crippen molar-refractivity contribution >= 4 is 5.82 Å². The lowest BCUT2D eigenvalue weighted by molar-refractivity contribution is 0.188. The third-order valence-corrected chi connectivity index (χ3v) is 6.09. The molecule has 1 aromatic heterocycles. The van der Waals surface area contributed by atoms with Gasteiger partial charge in [-0.05, 0) is 62.9 Å². The number of hydrogen-bond donors (Lipinski definition) is 1. The van der Waals surface area contributed by atoms with E-state index in [1.807, 2.05) is 12.3 Å². The van der Waals surface area contributed by atoms with E-state index in [9.17, 15) is 0 Å². The smallest absolute Gasteiger partial charge is 0.128 e. The van der Waals surface area contributed by atoms with Gasteiger partial charge in [0.1, 0.15) is 5.82 Å². The molecule has 27 heavy (non-hydrogen) atoms. The van der Waals surface area contributed by atoms with Crippen molar-refractivity contribution in [3.63, 3.8) is 0 Å². The van der Waals surface area contributed by atoms with E-state index >= 15 is 0 Å². The lowest BCUT2D eigenvalue weighted by Gasteiger charge is -2.38. The highest BCUT2D eigenvalue weighted by Gasteiger charge is 2.25. The molecule has 1 aromatic carbocycles. The topological polar surface area (TPSA) is 31.4 Å². The minimum Gasteiger partial charge on any atom is -0.357 e. The van der Waals surface area contributed by atoms with Crippen molar-refractivity contribution in [3.8, 4) is 0 Å². The Bertz CT molecular complexity index is 659. The first-order valence-electron chi connectivity index (χ1n) is 10.5. The van der Waals surface area contributed by atoms with Gasteiger partial charge in [0.05, 0.1) is 0 Å². The molecular weight excluding hydrogens is 332 g/mol. The van der Waals surface area contributed by atoms with Crippen molar-refractivity contribution in [2.24, 2.45) is 0 Å². The SMILES string of the molecule is c1ccc(CCN2CCC(NC3CCN(c4ccccn4)CC3)CC2)cc1. The maximum Gasteiger partial charge on any atom is 0.128 e. The molecule has 0 radical (unpaired) electrons. The number of nitrogens with one attached hydrogen (secondary N) is 1. The Balaban J connectivity index is 1.15. The van der Waals surface area contributed by atoms with Crippen LogP contribution < -0.4 is 10.2 Å². The third kappa shape index (κ3) is 5.30. The molecule has 2 aliphatic heterocycles. The molecule has 0 saturated carbocycles. The fourth-order valence-electron chi connectivity index (χ4n) is 4.40. The quantitative estimate of drug-likeness (QED) is 0.852. The van der Waals surface area contributed by atoms with Gasteiger partial charge >= 0.3 is 0 Å². The zero-order valence-corrected chi connectivity index (χ0v) is 16.3. The second-order valence-electron chi connectivity index (χ2n) is 7.97. The molecule has 1 N–H and O–H groups in total. The van der Waals surface area contributed by atoms with Gasteiger partial charge in [0.25, 0.3) is 0 Å². The maximum atomic E-state index is 4.49. The molecule has 0 atom stereocenters. The van der Waals surface area contributed by atoms with Gasteiger partial charge in [0.2, 0.25) is 0 Å². The molecular formula is C23H32N4. The van der Waals surface area contributed by atoms with Crippen LogP contribution in [0.1, 0.15) is 31.2 Å². The van der Waals surface area contributed by atoms with E-state index in [0.29, 0.717) is 12.1 Å². The predicted octanol–water partition coefficient (Wildman–Crippen LogP) is 3.35. The zero-order chi connectivity index (χ0) is 18.3. The summed E-state index contributed by atoms with van der Waals surface area (Å²) in [6.45, 7) is 5.89. The lowest BCUT2D eigenvalue weighted by Crippen LogP contribution is -2.50. The number of likely N-dealkylation sites (tertiary alicyclic amines) is 1. The van der Waals surface area contributed by atoms with Crippen LogP contribution in [0.25, 0.3) is 0 Å². The summed E-state index contributed by atoms with van der Waals surface area (Å²) in [4.78, 5) is 9.55. The molecule has 144 valence electrons. The Morgan fingerprint density at radius 3 is 2.15 bits per heavy atom. The number of benzene rings is 1. The first-order valence-corrected chi connectivity index (χ1v) is 10.5. The Kier molecular flexibility index (Phi) is 6.38. The van der Waals surface area contributed by atoms with Gasteiger partial charge in [-0.15, -0.1) is 0 Å². The molecule has 4 rings (SSSR count). The second kappa shape index (κ2) is 9.34. The van der Waals surface area contributed by atoms with Crippen LogP contribution in [0.3, 0.4) is 0 Å². The van der Waals surface area contributed by atoms with Gasteiger partial charge < -0.3 is 15.1 Å². The number of rotatable bonds is 6. The molecule has 4 heteroatoms. The lowest BCUT2D eigenvalue weighted by atomic mass is 9.99. The zero-order valence-electron chi connectivity index (χ0n) is 16.3. The van der Waals surface area contributed by atoms with Crippen molar-refractivity contribution in [2.45, 2.75) is 44.2 Å². The highest BCUT2D eigenvalue weighted by molar-refractivity contribution is 5.38. The van der Waals surface area contributed by atoms with Crippen molar-refractivity contribution in [1.29, 1.82) is 0 Å². The third-order valence-electron chi connectivity index (χ3n) is 6.09. The summed E-state index contributed by atoms with van der Waals surface area (Å²) in [6, 6.07) is 18.4. The van der Waals surface area contributed by atoms with Gasteiger partial charge in [-0.25, -0.2) is 4.98 Å². The summed E-state index contributed by atoms with van der Waals surface area (Å²) in [7, 11) is 0. The van der Waals surface area contributed by atoms with Crippen LogP contribution >= 0.6 is 0 Å². The van der Waals surface area contributed by atoms with Crippen molar-refractivity contribution in [3.05, 3.63) is 60.3 Å². The fourth-order valence-corrected chi connectivity index (χ4v) is 4.40. The van der Waals surface area contributed by atoms with Crippen molar-refractivity contribution in [1.82, 2.24) is 15.2 Å². The Hall–Kier alpha value is -1.91. The molecule has 2 saturated heterocycles. The monoisotopic (exact) mass is 364 g/mol. The van der Waals surface area contributed by atoms with Crippen LogP contribution in [0.2, 0.25) is 0 Å². The first kappa shape index (κ1) is 18.5. The molecule has 3 heterocycles. The van der Waals surface area contributed by atoms with Crippen LogP contribution in [0, 0.1) is 0 Å². The van der Waals surface area contributed by atoms with E-state index in [1.54, 1.807) is 0 Å². The standard InChI is InChI=1S/C23H32N4/c1-2-6-20(7-3-1)9-15-26-16-10-21(11-17-26)25-22-12-18-27(19-13-22)23-8-4-5-14-24-23/h1-8,14,21-22,25H,9-13,15-19H2. The molecule has 0 spiro atoms. The average Bonchev–Trinajstić information content (AvgIpc) is 2.75.